The average molecular weight is 296 g/mol. The van der Waals surface area contributed by atoms with Crippen molar-refractivity contribution in [2.75, 3.05) is 40.4 Å². The monoisotopic (exact) mass is 296 g/mol. The van der Waals surface area contributed by atoms with Gasteiger partial charge in [-0.15, -0.1) is 0 Å². The molecule has 1 N–H and O–H groups in total. The highest BCUT2D eigenvalue weighted by molar-refractivity contribution is 5.37. The maximum atomic E-state index is 13.7. The van der Waals surface area contributed by atoms with Crippen molar-refractivity contribution < 1.29 is 13.9 Å². The molecule has 5 heteroatoms. The van der Waals surface area contributed by atoms with Gasteiger partial charge in [0.1, 0.15) is 11.6 Å². The van der Waals surface area contributed by atoms with Gasteiger partial charge in [0.25, 0.3) is 0 Å². The number of nitrogens with zero attached hydrogens (tertiary/aromatic N) is 1. The van der Waals surface area contributed by atoms with E-state index in [2.05, 4.69) is 24.2 Å². The minimum Gasteiger partial charge on any atom is -0.496 e. The predicted molar refractivity (Wildman–Crippen MR) is 81.2 cm³/mol. The molecule has 2 unspecified atom stereocenters. The number of hydrogen-bond donors (Lipinski definition) is 1. The normalized spacial score (nSPS) is 21.2. The van der Waals surface area contributed by atoms with Crippen LogP contribution in [0.2, 0.25) is 0 Å². The van der Waals surface area contributed by atoms with E-state index in [1.54, 1.807) is 19.2 Å². The van der Waals surface area contributed by atoms with Gasteiger partial charge in [0.15, 0.2) is 0 Å². The molecule has 2 rings (SSSR count). The lowest BCUT2D eigenvalue weighted by molar-refractivity contribution is -0.0396. The molecule has 0 saturated carbocycles. The molecule has 0 spiro atoms. The first-order valence-corrected chi connectivity index (χ1v) is 7.52. The summed E-state index contributed by atoms with van der Waals surface area (Å²) in [7, 11) is 3.69. The van der Waals surface area contributed by atoms with Crippen molar-refractivity contribution in [2.24, 2.45) is 0 Å². The van der Waals surface area contributed by atoms with Crippen LogP contribution in [0.25, 0.3) is 0 Å². The molecule has 1 saturated heterocycles. The summed E-state index contributed by atoms with van der Waals surface area (Å²) < 4.78 is 25.0. The molecule has 0 aliphatic carbocycles. The Balaban J connectivity index is 2.28. The molecule has 1 heterocycles. The van der Waals surface area contributed by atoms with Gasteiger partial charge in [0.05, 0.1) is 25.9 Å². The number of ether oxygens (including phenoxy) is 2. The van der Waals surface area contributed by atoms with Gasteiger partial charge in [-0.25, -0.2) is 4.39 Å². The average Bonchev–Trinajstić information content (AvgIpc) is 2.48. The fourth-order valence-corrected chi connectivity index (χ4v) is 2.70. The van der Waals surface area contributed by atoms with Gasteiger partial charge in [-0.05, 0) is 38.2 Å². The Morgan fingerprint density at radius 1 is 1.52 bits per heavy atom. The summed E-state index contributed by atoms with van der Waals surface area (Å²) in [5.41, 5.74) is 0.825. The van der Waals surface area contributed by atoms with Crippen LogP contribution in [0, 0.1) is 5.82 Å². The van der Waals surface area contributed by atoms with E-state index in [4.69, 9.17) is 9.47 Å². The summed E-state index contributed by atoms with van der Waals surface area (Å²) in [4.78, 5) is 2.24. The highest BCUT2D eigenvalue weighted by atomic mass is 19.1. The van der Waals surface area contributed by atoms with Crippen LogP contribution in [0.3, 0.4) is 0 Å². The summed E-state index contributed by atoms with van der Waals surface area (Å²) >= 11 is 0. The third kappa shape index (κ3) is 4.15. The summed E-state index contributed by atoms with van der Waals surface area (Å²) in [6.07, 6.45) is 1.00. The van der Waals surface area contributed by atoms with Crippen LogP contribution in [0.4, 0.5) is 4.39 Å². The molecule has 1 aromatic rings. The molecular weight excluding hydrogens is 271 g/mol. The van der Waals surface area contributed by atoms with Crippen molar-refractivity contribution in [3.05, 3.63) is 29.6 Å². The quantitative estimate of drug-likeness (QED) is 0.872. The molecule has 21 heavy (non-hydrogen) atoms. The number of nitrogens with one attached hydrogen (secondary N) is 1. The van der Waals surface area contributed by atoms with Crippen molar-refractivity contribution in [3.63, 3.8) is 0 Å². The number of hydrogen-bond acceptors (Lipinski definition) is 4. The lowest BCUT2D eigenvalue weighted by Crippen LogP contribution is -2.47. The largest absolute Gasteiger partial charge is 0.496 e. The Labute approximate surface area is 126 Å². The zero-order valence-electron chi connectivity index (χ0n) is 13.1. The number of likely N-dealkylation sites (N-methyl/N-ethyl adjacent to an activating group) is 1. The molecule has 4 nitrogen and oxygen atoms in total. The van der Waals surface area contributed by atoms with Gasteiger partial charge >= 0.3 is 0 Å². The van der Waals surface area contributed by atoms with E-state index in [1.165, 1.54) is 6.07 Å². The first-order valence-electron chi connectivity index (χ1n) is 7.52. The lowest BCUT2D eigenvalue weighted by Gasteiger charge is -2.36. The highest BCUT2D eigenvalue weighted by Gasteiger charge is 2.29. The maximum Gasteiger partial charge on any atom is 0.123 e. The van der Waals surface area contributed by atoms with Gasteiger partial charge < -0.3 is 19.7 Å². The summed E-state index contributed by atoms with van der Waals surface area (Å²) in [6.45, 7) is 5.41. The minimum absolute atomic E-state index is 0.00833. The molecule has 118 valence electrons. The minimum atomic E-state index is -0.252. The van der Waals surface area contributed by atoms with Gasteiger partial charge in [-0.1, -0.05) is 6.92 Å². The zero-order valence-corrected chi connectivity index (χ0v) is 13.1. The molecule has 1 fully saturated rings. The predicted octanol–water partition coefficient (Wildman–Crippen LogP) is 2.21. The van der Waals surface area contributed by atoms with Crippen LogP contribution in [0.15, 0.2) is 18.2 Å². The molecule has 2 atom stereocenters. The van der Waals surface area contributed by atoms with Crippen molar-refractivity contribution in [1.29, 1.82) is 0 Å². The Morgan fingerprint density at radius 2 is 2.33 bits per heavy atom. The highest BCUT2D eigenvalue weighted by Crippen LogP contribution is 2.30. The number of rotatable bonds is 6. The Morgan fingerprint density at radius 3 is 3.00 bits per heavy atom. The van der Waals surface area contributed by atoms with Crippen molar-refractivity contribution >= 4 is 0 Å². The van der Waals surface area contributed by atoms with Gasteiger partial charge in [-0.2, -0.15) is 0 Å². The van der Waals surface area contributed by atoms with E-state index in [1.807, 2.05) is 0 Å². The SMILES string of the molecule is CCCNC(c1cc(F)ccc1OC)C1CN(C)CCO1. The molecule has 0 aromatic heterocycles. The number of halogens is 1. The van der Waals surface area contributed by atoms with Gasteiger partial charge in [-0.3, -0.25) is 0 Å². The van der Waals surface area contributed by atoms with E-state index < -0.39 is 0 Å². The summed E-state index contributed by atoms with van der Waals surface area (Å²) in [6, 6.07) is 4.58. The fraction of sp³-hybridized carbons (Fsp3) is 0.625. The van der Waals surface area contributed by atoms with Crippen molar-refractivity contribution in [3.8, 4) is 5.75 Å². The number of morpholine rings is 1. The van der Waals surface area contributed by atoms with Crippen LogP contribution in [-0.2, 0) is 4.74 Å². The van der Waals surface area contributed by atoms with Crippen LogP contribution in [-0.4, -0.2) is 51.4 Å². The molecular formula is C16H25FN2O2. The molecule has 0 amide bonds. The van der Waals surface area contributed by atoms with Gasteiger partial charge in [0, 0.05) is 18.7 Å². The topological polar surface area (TPSA) is 33.7 Å². The standard InChI is InChI=1S/C16H25FN2O2/c1-4-7-18-16(15-11-19(2)8-9-21-15)13-10-12(17)5-6-14(13)20-3/h5-6,10,15-16,18H,4,7-9,11H2,1-3H3. The van der Waals surface area contributed by atoms with Crippen LogP contribution in [0.5, 0.6) is 5.75 Å². The first kappa shape index (κ1) is 16.2. The molecule has 0 radical (unpaired) electrons. The summed E-state index contributed by atoms with van der Waals surface area (Å²) in [5.74, 6) is 0.445. The molecule has 0 bridgehead atoms. The number of methoxy groups -OCH3 is 1. The Hall–Kier alpha value is -1.17. The number of benzene rings is 1. The van der Waals surface area contributed by atoms with E-state index in [0.29, 0.717) is 12.4 Å². The maximum absolute atomic E-state index is 13.7. The second-order valence-corrected chi connectivity index (χ2v) is 5.49. The molecule has 1 aromatic carbocycles. The fourth-order valence-electron chi connectivity index (χ4n) is 2.70. The summed E-state index contributed by atoms with van der Waals surface area (Å²) in [5, 5.41) is 3.48. The zero-order chi connectivity index (χ0) is 15.2. The Bertz CT molecular complexity index is 456. The van der Waals surface area contributed by atoms with Gasteiger partial charge in [0.2, 0.25) is 0 Å². The molecule has 1 aliphatic rings. The second kappa shape index (κ2) is 7.73. The third-order valence-electron chi connectivity index (χ3n) is 3.81. The van der Waals surface area contributed by atoms with Crippen LogP contribution < -0.4 is 10.1 Å². The van der Waals surface area contributed by atoms with E-state index in [9.17, 15) is 4.39 Å². The van der Waals surface area contributed by atoms with E-state index >= 15 is 0 Å². The van der Waals surface area contributed by atoms with Crippen LogP contribution in [0.1, 0.15) is 24.9 Å². The van der Waals surface area contributed by atoms with Crippen LogP contribution >= 0.6 is 0 Å². The molecule has 1 aliphatic heterocycles. The smallest absolute Gasteiger partial charge is 0.123 e. The first-order chi connectivity index (χ1) is 10.2. The van der Waals surface area contributed by atoms with Crippen molar-refractivity contribution in [1.82, 2.24) is 10.2 Å². The van der Waals surface area contributed by atoms with E-state index in [0.717, 1.165) is 31.6 Å². The second-order valence-electron chi connectivity index (χ2n) is 5.49. The third-order valence-corrected chi connectivity index (χ3v) is 3.81. The lowest BCUT2D eigenvalue weighted by atomic mass is 9.98. The Kier molecular flexibility index (Phi) is 5.96. The van der Waals surface area contributed by atoms with E-state index in [-0.39, 0.29) is 18.0 Å². The van der Waals surface area contributed by atoms with Crippen molar-refractivity contribution in [2.45, 2.75) is 25.5 Å².